The number of carbonyl (C=O) groups is 1. The monoisotopic (exact) mass is 371 g/mol. The molecule has 0 bridgehead atoms. The first-order valence-corrected chi connectivity index (χ1v) is 9.72. The van der Waals surface area contributed by atoms with Crippen molar-refractivity contribution in [2.24, 2.45) is 11.3 Å². The Morgan fingerprint density at radius 1 is 1.15 bits per heavy atom. The van der Waals surface area contributed by atoms with Gasteiger partial charge in [-0.3, -0.25) is 4.79 Å². The van der Waals surface area contributed by atoms with Gasteiger partial charge in [0.1, 0.15) is 0 Å². The van der Waals surface area contributed by atoms with E-state index in [0.717, 1.165) is 62.7 Å². The smallest absolute Gasteiger partial charge is 0.226 e. The van der Waals surface area contributed by atoms with E-state index in [1.54, 1.807) is 0 Å². The number of halogens is 1. The fraction of sp³-hybridized carbons (Fsp3) is 0.526. The van der Waals surface area contributed by atoms with E-state index in [9.17, 15) is 4.79 Å². The lowest BCUT2D eigenvalue weighted by molar-refractivity contribution is -0.135. The highest BCUT2D eigenvalue weighted by molar-refractivity contribution is 6.30. The zero-order valence-electron chi connectivity index (χ0n) is 14.6. The summed E-state index contributed by atoms with van der Waals surface area (Å²) in [4.78, 5) is 15.0. The van der Waals surface area contributed by atoms with Crippen LogP contribution in [-0.2, 0) is 17.9 Å². The van der Waals surface area contributed by atoms with Gasteiger partial charge in [0.2, 0.25) is 5.91 Å². The van der Waals surface area contributed by atoms with Crippen LogP contribution in [0.4, 0.5) is 0 Å². The van der Waals surface area contributed by atoms with Gasteiger partial charge < -0.3 is 14.8 Å². The van der Waals surface area contributed by atoms with Crippen LogP contribution in [0.15, 0.2) is 24.3 Å². The Morgan fingerprint density at radius 3 is 2.69 bits per heavy atom. The van der Waals surface area contributed by atoms with Crippen molar-refractivity contribution >= 4 is 17.5 Å². The van der Waals surface area contributed by atoms with Crippen LogP contribution in [0.25, 0.3) is 11.4 Å². The van der Waals surface area contributed by atoms with Gasteiger partial charge in [-0.05, 0) is 62.0 Å². The molecule has 3 heterocycles. The fourth-order valence-electron chi connectivity index (χ4n) is 4.55. The molecule has 136 valence electrons. The second-order valence-corrected chi connectivity index (χ2v) is 8.16. The molecule has 0 radical (unpaired) electrons. The Bertz CT molecular complexity index is 840. The Kier molecular flexibility index (Phi) is 3.79. The van der Waals surface area contributed by atoms with E-state index < -0.39 is 0 Å². The summed E-state index contributed by atoms with van der Waals surface area (Å²) in [6.07, 6.45) is 3.33. The summed E-state index contributed by atoms with van der Waals surface area (Å²) in [5.41, 5.74) is 1.28. The molecule has 2 aliphatic heterocycles. The maximum absolute atomic E-state index is 13.0. The van der Waals surface area contributed by atoms with Crippen LogP contribution in [0.1, 0.15) is 25.1 Å². The molecule has 26 heavy (non-hydrogen) atoms. The Hall–Kier alpha value is -1.92. The van der Waals surface area contributed by atoms with Crippen molar-refractivity contribution in [1.82, 2.24) is 25.0 Å². The number of carbonyl (C=O) groups excluding carboxylic acids is 1. The Labute approximate surface area is 157 Å². The summed E-state index contributed by atoms with van der Waals surface area (Å²) in [6, 6.07) is 7.65. The minimum atomic E-state index is 0.217. The second kappa shape index (κ2) is 6.06. The molecule has 1 saturated heterocycles. The Balaban J connectivity index is 1.32. The van der Waals surface area contributed by atoms with E-state index in [2.05, 4.69) is 20.1 Å². The summed E-state index contributed by atoms with van der Waals surface area (Å²) in [5, 5.41) is 12.8. The SMILES string of the molecule is O=C(C1CC12CCNCC2)N1CCn2c(nnc2-c2ccc(Cl)cc2)C1. The molecule has 7 heteroatoms. The van der Waals surface area contributed by atoms with Crippen LogP contribution in [-0.4, -0.2) is 45.2 Å². The quantitative estimate of drug-likeness (QED) is 0.880. The third-order valence-electron chi connectivity index (χ3n) is 6.25. The number of hydrogen-bond acceptors (Lipinski definition) is 4. The number of amides is 1. The normalized spacial score (nSPS) is 23.7. The predicted octanol–water partition coefficient (Wildman–Crippen LogP) is 2.33. The zero-order valence-corrected chi connectivity index (χ0v) is 15.4. The van der Waals surface area contributed by atoms with Crippen molar-refractivity contribution in [3.8, 4) is 11.4 Å². The van der Waals surface area contributed by atoms with Gasteiger partial charge in [0.25, 0.3) is 0 Å². The first kappa shape index (κ1) is 16.3. The van der Waals surface area contributed by atoms with Crippen molar-refractivity contribution in [1.29, 1.82) is 0 Å². The summed E-state index contributed by atoms with van der Waals surface area (Å²) in [5.74, 6) is 2.25. The number of rotatable bonds is 2. The topological polar surface area (TPSA) is 63.1 Å². The van der Waals surface area contributed by atoms with Crippen LogP contribution in [0.2, 0.25) is 5.02 Å². The lowest BCUT2D eigenvalue weighted by atomic mass is 9.91. The van der Waals surface area contributed by atoms with Gasteiger partial charge in [0.05, 0.1) is 6.54 Å². The van der Waals surface area contributed by atoms with Gasteiger partial charge in [0, 0.05) is 29.6 Å². The van der Waals surface area contributed by atoms with Crippen LogP contribution in [0, 0.1) is 11.3 Å². The average molecular weight is 372 g/mol. The van der Waals surface area contributed by atoms with E-state index in [4.69, 9.17) is 11.6 Å². The van der Waals surface area contributed by atoms with Gasteiger partial charge in [0.15, 0.2) is 11.6 Å². The van der Waals surface area contributed by atoms with E-state index in [-0.39, 0.29) is 11.3 Å². The van der Waals surface area contributed by atoms with Crippen molar-refractivity contribution in [3.05, 3.63) is 35.1 Å². The molecule has 1 aromatic carbocycles. The van der Waals surface area contributed by atoms with Crippen molar-refractivity contribution in [3.63, 3.8) is 0 Å². The highest BCUT2D eigenvalue weighted by Crippen LogP contribution is 2.59. The minimum Gasteiger partial charge on any atom is -0.333 e. The van der Waals surface area contributed by atoms with Gasteiger partial charge >= 0.3 is 0 Å². The predicted molar refractivity (Wildman–Crippen MR) is 98.5 cm³/mol. The van der Waals surface area contributed by atoms with Gasteiger partial charge in [-0.2, -0.15) is 0 Å². The molecule has 1 amide bonds. The summed E-state index contributed by atoms with van der Waals surface area (Å²) >= 11 is 5.98. The standard InChI is InChI=1S/C19H22ClN5O/c20-14-3-1-13(2-4-14)17-23-22-16-12-24(9-10-25(16)17)18(26)15-11-19(15)5-7-21-8-6-19/h1-4,15,21H,5-12H2. The minimum absolute atomic E-state index is 0.217. The van der Waals surface area contributed by atoms with E-state index in [1.807, 2.05) is 29.2 Å². The highest BCUT2D eigenvalue weighted by Gasteiger charge is 2.58. The van der Waals surface area contributed by atoms with Gasteiger partial charge in [-0.1, -0.05) is 11.6 Å². The molecule has 6 nitrogen and oxygen atoms in total. The first-order chi connectivity index (χ1) is 12.7. The van der Waals surface area contributed by atoms with Crippen molar-refractivity contribution in [2.75, 3.05) is 19.6 Å². The molecule has 3 aliphatic rings. The number of hydrogen-bond donors (Lipinski definition) is 1. The van der Waals surface area contributed by atoms with Crippen molar-refractivity contribution in [2.45, 2.75) is 32.4 Å². The molecule has 2 aromatic rings. The molecule has 1 N–H and O–H groups in total. The number of nitrogens with one attached hydrogen (secondary N) is 1. The second-order valence-electron chi connectivity index (χ2n) is 7.73. The van der Waals surface area contributed by atoms with Gasteiger partial charge in [-0.15, -0.1) is 10.2 Å². The van der Waals surface area contributed by atoms with Crippen LogP contribution in [0.5, 0.6) is 0 Å². The zero-order chi connectivity index (χ0) is 17.7. The number of aromatic nitrogens is 3. The first-order valence-electron chi connectivity index (χ1n) is 9.34. The van der Waals surface area contributed by atoms with Crippen LogP contribution < -0.4 is 5.32 Å². The number of piperidine rings is 1. The summed E-state index contributed by atoms with van der Waals surface area (Å²) < 4.78 is 2.13. The largest absolute Gasteiger partial charge is 0.333 e. The molecule has 2 fully saturated rings. The van der Waals surface area contributed by atoms with E-state index in [1.165, 1.54) is 0 Å². The maximum atomic E-state index is 13.0. The molecule has 1 aliphatic carbocycles. The fourth-order valence-corrected chi connectivity index (χ4v) is 4.68. The summed E-state index contributed by atoms with van der Waals surface area (Å²) in [6.45, 7) is 4.12. The lowest BCUT2D eigenvalue weighted by Gasteiger charge is -2.30. The van der Waals surface area contributed by atoms with E-state index in [0.29, 0.717) is 17.5 Å². The van der Waals surface area contributed by atoms with Crippen LogP contribution >= 0.6 is 11.6 Å². The molecule has 1 spiro atoms. The number of benzene rings is 1. The van der Waals surface area contributed by atoms with Gasteiger partial charge in [-0.25, -0.2) is 0 Å². The van der Waals surface area contributed by atoms with E-state index >= 15 is 0 Å². The maximum Gasteiger partial charge on any atom is 0.226 e. The highest BCUT2D eigenvalue weighted by atomic mass is 35.5. The average Bonchev–Trinajstić information content (AvgIpc) is 3.18. The molecule has 1 saturated carbocycles. The number of fused-ring (bicyclic) bond motifs is 1. The third-order valence-corrected chi connectivity index (χ3v) is 6.51. The molecular weight excluding hydrogens is 350 g/mol. The number of nitrogens with zero attached hydrogens (tertiary/aromatic N) is 4. The van der Waals surface area contributed by atoms with Crippen LogP contribution in [0.3, 0.4) is 0 Å². The molecule has 1 aromatic heterocycles. The Morgan fingerprint density at radius 2 is 1.92 bits per heavy atom. The summed E-state index contributed by atoms with van der Waals surface area (Å²) in [7, 11) is 0. The molecular formula is C19H22ClN5O. The third kappa shape index (κ3) is 2.63. The van der Waals surface area contributed by atoms with Crippen molar-refractivity contribution < 1.29 is 4.79 Å². The molecule has 1 atom stereocenters. The molecule has 5 rings (SSSR count). The molecule has 1 unspecified atom stereocenters. The lowest BCUT2D eigenvalue weighted by Crippen LogP contribution is -2.41.